The Kier molecular flexibility index (Phi) is 4.41. The van der Waals surface area contributed by atoms with E-state index in [1.807, 2.05) is 0 Å². The predicted octanol–water partition coefficient (Wildman–Crippen LogP) is 2.10. The van der Waals surface area contributed by atoms with Crippen LogP contribution in [0.25, 0.3) is 0 Å². The maximum absolute atomic E-state index is 10.8. The third-order valence-electron chi connectivity index (χ3n) is 3.12. The summed E-state index contributed by atoms with van der Waals surface area (Å²) in [6.45, 7) is 0.658. The van der Waals surface area contributed by atoms with Gasteiger partial charge in [0.2, 0.25) is 0 Å². The Bertz CT molecular complexity index is 538. The molecule has 0 amide bonds. The molecule has 1 fully saturated rings. The zero-order valence-electron chi connectivity index (χ0n) is 10.8. The fourth-order valence-corrected chi connectivity index (χ4v) is 2.09. The van der Waals surface area contributed by atoms with Crippen molar-refractivity contribution in [1.29, 1.82) is 5.41 Å². The number of benzene rings is 1. The maximum atomic E-state index is 10.8. The minimum absolute atomic E-state index is 0.151. The van der Waals surface area contributed by atoms with Crippen LogP contribution in [0.5, 0.6) is 0 Å². The normalized spacial score (nSPS) is 18.3. The molecule has 0 saturated carbocycles. The van der Waals surface area contributed by atoms with Crippen molar-refractivity contribution in [2.45, 2.75) is 25.5 Å². The lowest BCUT2D eigenvalue weighted by Crippen LogP contribution is -2.28. The van der Waals surface area contributed by atoms with Crippen LogP contribution in [0.3, 0.4) is 0 Å². The summed E-state index contributed by atoms with van der Waals surface area (Å²) in [5, 5.41) is 21.5. The van der Waals surface area contributed by atoms with Gasteiger partial charge in [0.05, 0.1) is 4.92 Å². The summed E-state index contributed by atoms with van der Waals surface area (Å²) in [6.07, 6.45) is 3.04. The van der Waals surface area contributed by atoms with Crippen LogP contribution in [0.2, 0.25) is 0 Å². The molecular weight excluding hydrogens is 262 g/mol. The van der Waals surface area contributed by atoms with Crippen LogP contribution in [0.15, 0.2) is 18.2 Å². The molecule has 106 valence electrons. The fourth-order valence-electron chi connectivity index (χ4n) is 2.09. The molecule has 1 heterocycles. The number of rotatable bonds is 5. The van der Waals surface area contributed by atoms with Crippen molar-refractivity contribution in [3.8, 4) is 0 Å². The summed E-state index contributed by atoms with van der Waals surface area (Å²) in [7, 11) is 0. The second-order valence-corrected chi connectivity index (χ2v) is 4.52. The highest BCUT2D eigenvalue weighted by Crippen LogP contribution is 2.25. The molecule has 7 heteroatoms. The van der Waals surface area contributed by atoms with Crippen molar-refractivity contribution in [2.75, 3.05) is 11.9 Å². The Labute approximate surface area is 115 Å². The number of hydrogen-bond acceptors (Lipinski definition) is 6. The standard InChI is InChI=1S/C13H15N3O4/c14-11(8-17)10-7-9(16(18)19)4-5-12(10)15-13-3-1-2-6-20-13/h4-5,7-8,13-15H,1-3,6H2. The van der Waals surface area contributed by atoms with Crippen LogP contribution in [-0.2, 0) is 9.53 Å². The van der Waals surface area contributed by atoms with Gasteiger partial charge in [-0.2, -0.15) is 0 Å². The molecule has 1 atom stereocenters. The van der Waals surface area contributed by atoms with Gasteiger partial charge in [0.1, 0.15) is 11.9 Å². The van der Waals surface area contributed by atoms with Crippen LogP contribution in [0.1, 0.15) is 24.8 Å². The maximum Gasteiger partial charge on any atom is 0.270 e. The van der Waals surface area contributed by atoms with Gasteiger partial charge in [0.15, 0.2) is 6.29 Å². The van der Waals surface area contributed by atoms with E-state index in [2.05, 4.69) is 5.32 Å². The van der Waals surface area contributed by atoms with Gasteiger partial charge in [0, 0.05) is 30.0 Å². The molecule has 1 saturated heterocycles. The lowest BCUT2D eigenvalue weighted by atomic mass is 10.1. The second-order valence-electron chi connectivity index (χ2n) is 4.52. The van der Waals surface area contributed by atoms with E-state index in [0.717, 1.165) is 19.3 Å². The molecule has 0 radical (unpaired) electrons. The van der Waals surface area contributed by atoms with E-state index in [1.54, 1.807) is 0 Å². The van der Waals surface area contributed by atoms with Gasteiger partial charge in [0.25, 0.3) is 5.69 Å². The number of nitrogens with zero attached hydrogens (tertiary/aromatic N) is 1. The van der Waals surface area contributed by atoms with Crippen molar-refractivity contribution < 1.29 is 14.5 Å². The van der Waals surface area contributed by atoms with Gasteiger partial charge in [-0.25, -0.2) is 0 Å². The zero-order chi connectivity index (χ0) is 14.5. The molecule has 1 aliphatic rings. The van der Waals surface area contributed by atoms with Crippen molar-refractivity contribution >= 4 is 23.4 Å². The van der Waals surface area contributed by atoms with Crippen molar-refractivity contribution in [3.63, 3.8) is 0 Å². The topological polar surface area (TPSA) is 105 Å². The van der Waals surface area contributed by atoms with Crippen molar-refractivity contribution in [2.24, 2.45) is 0 Å². The van der Waals surface area contributed by atoms with E-state index in [4.69, 9.17) is 10.1 Å². The predicted molar refractivity (Wildman–Crippen MR) is 73.2 cm³/mol. The van der Waals surface area contributed by atoms with E-state index in [1.165, 1.54) is 18.2 Å². The minimum atomic E-state index is -0.553. The third-order valence-corrected chi connectivity index (χ3v) is 3.12. The quantitative estimate of drug-likeness (QED) is 0.371. The second kappa shape index (κ2) is 6.25. The molecule has 1 aliphatic heterocycles. The van der Waals surface area contributed by atoms with E-state index in [-0.39, 0.29) is 23.2 Å². The number of hydrogen-bond donors (Lipinski definition) is 2. The monoisotopic (exact) mass is 277 g/mol. The fraction of sp³-hybridized carbons (Fsp3) is 0.385. The van der Waals surface area contributed by atoms with Gasteiger partial charge < -0.3 is 10.1 Å². The average molecular weight is 277 g/mol. The Morgan fingerprint density at radius 1 is 1.50 bits per heavy atom. The van der Waals surface area contributed by atoms with Crippen LogP contribution in [0, 0.1) is 15.5 Å². The molecule has 0 aliphatic carbocycles. The first kappa shape index (κ1) is 14.1. The minimum Gasteiger partial charge on any atom is -0.360 e. The molecule has 7 nitrogen and oxygen atoms in total. The van der Waals surface area contributed by atoms with E-state index in [0.29, 0.717) is 18.6 Å². The molecule has 0 aromatic heterocycles. The van der Waals surface area contributed by atoms with Crippen LogP contribution >= 0.6 is 0 Å². The number of non-ortho nitro benzene ring substituents is 1. The van der Waals surface area contributed by atoms with Crippen LogP contribution < -0.4 is 5.32 Å². The molecule has 1 unspecified atom stereocenters. The Balaban J connectivity index is 2.28. The first-order valence-corrected chi connectivity index (χ1v) is 6.32. The number of carbonyl (C=O) groups excluding carboxylic acids is 1. The molecule has 2 rings (SSSR count). The first-order chi connectivity index (χ1) is 9.61. The molecule has 0 spiro atoms. The first-order valence-electron chi connectivity index (χ1n) is 6.32. The summed E-state index contributed by atoms with van der Waals surface area (Å²) in [4.78, 5) is 21.0. The van der Waals surface area contributed by atoms with E-state index in [9.17, 15) is 14.9 Å². The number of ether oxygens (including phenoxy) is 1. The molecule has 2 N–H and O–H groups in total. The lowest BCUT2D eigenvalue weighted by molar-refractivity contribution is -0.384. The highest BCUT2D eigenvalue weighted by atomic mass is 16.6. The molecule has 20 heavy (non-hydrogen) atoms. The van der Waals surface area contributed by atoms with Gasteiger partial charge in [-0.05, 0) is 25.3 Å². The van der Waals surface area contributed by atoms with Crippen molar-refractivity contribution in [3.05, 3.63) is 33.9 Å². The number of nitro groups is 1. The van der Waals surface area contributed by atoms with Gasteiger partial charge in [-0.1, -0.05) is 0 Å². The zero-order valence-corrected chi connectivity index (χ0v) is 10.8. The van der Waals surface area contributed by atoms with E-state index < -0.39 is 4.92 Å². The SMILES string of the molecule is N=C(C=O)c1cc([N+](=O)[O-])ccc1NC1CCCCO1. The molecule has 1 aromatic rings. The Morgan fingerprint density at radius 2 is 2.30 bits per heavy atom. The Hall–Kier alpha value is -2.28. The van der Waals surface area contributed by atoms with Gasteiger partial charge in [-0.3, -0.25) is 20.3 Å². The number of nitrogens with one attached hydrogen (secondary N) is 2. The number of carbonyl (C=O) groups is 1. The summed E-state index contributed by atoms with van der Waals surface area (Å²) < 4.78 is 5.52. The molecule has 1 aromatic carbocycles. The average Bonchev–Trinajstić information content (AvgIpc) is 2.47. The molecular formula is C13H15N3O4. The lowest BCUT2D eigenvalue weighted by Gasteiger charge is -2.25. The summed E-state index contributed by atoms with van der Waals surface area (Å²) in [5.41, 5.74) is 0.261. The largest absolute Gasteiger partial charge is 0.360 e. The van der Waals surface area contributed by atoms with Crippen LogP contribution in [0.4, 0.5) is 11.4 Å². The number of anilines is 1. The van der Waals surface area contributed by atoms with Gasteiger partial charge in [-0.15, -0.1) is 0 Å². The number of aldehydes is 1. The highest BCUT2D eigenvalue weighted by Gasteiger charge is 2.18. The summed E-state index contributed by atoms with van der Waals surface area (Å²) >= 11 is 0. The van der Waals surface area contributed by atoms with Crippen LogP contribution in [-0.4, -0.2) is 29.8 Å². The number of nitro benzene ring substituents is 1. The Morgan fingerprint density at radius 3 is 2.90 bits per heavy atom. The highest BCUT2D eigenvalue weighted by molar-refractivity contribution is 6.36. The molecule has 0 bridgehead atoms. The summed E-state index contributed by atoms with van der Waals surface area (Å²) in [6, 6.07) is 4.07. The van der Waals surface area contributed by atoms with Gasteiger partial charge >= 0.3 is 0 Å². The van der Waals surface area contributed by atoms with Crippen molar-refractivity contribution in [1.82, 2.24) is 0 Å². The summed E-state index contributed by atoms with van der Waals surface area (Å²) in [5.74, 6) is 0. The van der Waals surface area contributed by atoms with E-state index >= 15 is 0 Å². The third kappa shape index (κ3) is 3.18. The smallest absolute Gasteiger partial charge is 0.270 e.